The average molecular weight is 274 g/mol. The van der Waals surface area contributed by atoms with Gasteiger partial charge in [0.1, 0.15) is 5.82 Å². The standard InChI is InChI=1S/C14H21ClFNO/c1-10(2)6-14(8-17,9-18)7-11-3-4-12(15)5-13(11)16/h3-5,10,18H,6-9,17H2,1-2H3. The topological polar surface area (TPSA) is 46.2 Å². The van der Waals surface area contributed by atoms with Crippen molar-refractivity contribution >= 4 is 11.6 Å². The second-order valence-corrected chi connectivity index (χ2v) is 5.81. The maximum Gasteiger partial charge on any atom is 0.127 e. The van der Waals surface area contributed by atoms with Gasteiger partial charge in [0.25, 0.3) is 0 Å². The molecule has 0 aliphatic carbocycles. The fraction of sp³-hybridized carbons (Fsp3) is 0.571. The second kappa shape index (κ2) is 6.50. The zero-order valence-electron chi connectivity index (χ0n) is 10.9. The summed E-state index contributed by atoms with van der Waals surface area (Å²) in [6.07, 6.45) is 1.20. The van der Waals surface area contributed by atoms with Crippen molar-refractivity contribution in [3.05, 3.63) is 34.6 Å². The first kappa shape index (κ1) is 15.4. The molecule has 3 N–H and O–H groups in total. The summed E-state index contributed by atoms with van der Waals surface area (Å²) in [6, 6.07) is 4.62. The molecule has 0 bridgehead atoms. The Kier molecular flexibility index (Phi) is 5.57. The van der Waals surface area contributed by atoms with Gasteiger partial charge in [0.2, 0.25) is 0 Å². The third kappa shape index (κ3) is 3.94. The fourth-order valence-electron chi connectivity index (χ4n) is 2.35. The summed E-state index contributed by atoms with van der Waals surface area (Å²) in [7, 11) is 0. The average Bonchev–Trinajstić information content (AvgIpc) is 2.31. The molecule has 2 nitrogen and oxygen atoms in total. The Hall–Kier alpha value is -0.640. The highest BCUT2D eigenvalue weighted by Gasteiger charge is 2.30. The van der Waals surface area contributed by atoms with Gasteiger partial charge in [-0.1, -0.05) is 31.5 Å². The van der Waals surface area contributed by atoms with E-state index in [4.69, 9.17) is 17.3 Å². The molecule has 18 heavy (non-hydrogen) atoms. The molecule has 102 valence electrons. The third-order valence-corrected chi connectivity index (χ3v) is 3.43. The lowest BCUT2D eigenvalue weighted by Gasteiger charge is -2.32. The molecule has 0 saturated carbocycles. The third-order valence-electron chi connectivity index (χ3n) is 3.19. The molecule has 0 aliphatic rings. The Bertz CT molecular complexity index is 391. The van der Waals surface area contributed by atoms with Crippen molar-refractivity contribution in [2.75, 3.05) is 13.2 Å². The number of rotatable bonds is 6. The summed E-state index contributed by atoms with van der Waals surface area (Å²) < 4.78 is 13.8. The molecule has 1 atom stereocenters. The molecule has 1 aromatic rings. The van der Waals surface area contributed by atoms with Gasteiger partial charge in [-0.3, -0.25) is 0 Å². The number of halogens is 2. The van der Waals surface area contributed by atoms with Gasteiger partial charge in [0, 0.05) is 17.0 Å². The van der Waals surface area contributed by atoms with Crippen molar-refractivity contribution in [1.29, 1.82) is 0 Å². The summed E-state index contributed by atoms with van der Waals surface area (Å²) >= 11 is 5.73. The van der Waals surface area contributed by atoms with Crippen LogP contribution in [0.3, 0.4) is 0 Å². The summed E-state index contributed by atoms with van der Waals surface area (Å²) in [5.41, 5.74) is 5.89. The van der Waals surface area contributed by atoms with Gasteiger partial charge in [0.05, 0.1) is 6.61 Å². The van der Waals surface area contributed by atoms with Gasteiger partial charge in [-0.15, -0.1) is 0 Å². The second-order valence-electron chi connectivity index (χ2n) is 5.37. The Labute approximate surface area is 113 Å². The van der Waals surface area contributed by atoms with E-state index >= 15 is 0 Å². The molecule has 0 spiro atoms. The summed E-state index contributed by atoms with van der Waals surface area (Å²) in [5.74, 6) is 0.0635. The molecule has 1 unspecified atom stereocenters. The number of aliphatic hydroxyl groups is 1. The van der Waals surface area contributed by atoms with Crippen LogP contribution in [-0.2, 0) is 6.42 Å². The number of nitrogens with two attached hydrogens (primary N) is 1. The van der Waals surface area contributed by atoms with Crippen molar-refractivity contribution in [2.24, 2.45) is 17.1 Å². The van der Waals surface area contributed by atoms with E-state index < -0.39 is 5.41 Å². The van der Waals surface area contributed by atoms with E-state index in [1.165, 1.54) is 6.07 Å². The van der Waals surface area contributed by atoms with Crippen LogP contribution in [0.5, 0.6) is 0 Å². The predicted molar refractivity (Wildman–Crippen MR) is 73.1 cm³/mol. The van der Waals surface area contributed by atoms with Gasteiger partial charge >= 0.3 is 0 Å². The first-order valence-electron chi connectivity index (χ1n) is 6.17. The van der Waals surface area contributed by atoms with Crippen molar-refractivity contribution < 1.29 is 9.50 Å². The normalized spacial score (nSPS) is 14.8. The highest BCUT2D eigenvalue weighted by Crippen LogP contribution is 2.31. The minimum atomic E-state index is -0.456. The first-order valence-corrected chi connectivity index (χ1v) is 6.55. The number of hydrogen-bond donors (Lipinski definition) is 2. The highest BCUT2D eigenvalue weighted by molar-refractivity contribution is 6.30. The molecule has 0 amide bonds. The Balaban J connectivity index is 2.95. The molecule has 0 radical (unpaired) electrons. The van der Waals surface area contributed by atoms with E-state index in [2.05, 4.69) is 13.8 Å². The van der Waals surface area contributed by atoms with Crippen molar-refractivity contribution in [1.82, 2.24) is 0 Å². The van der Waals surface area contributed by atoms with Gasteiger partial charge in [-0.2, -0.15) is 0 Å². The molecule has 1 rings (SSSR count). The smallest absolute Gasteiger partial charge is 0.127 e. The number of hydrogen-bond acceptors (Lipinski definition) is 2. The molecular formula is C14H21ClFNO. The molecule has 0 heterocycles. The molecule has 0 saturated heterocycles. The SMILES string of the molecule is CC(C)CC(CN)(CO)Cc1ccc(Cl)cc1F. The highest BCUT2D eigenvalue weighted by atomic mass is 35.5. The number of aliphatic hydroxyl groups excluding tert-OH is 1. The quantitative estimate of drug-likeness (QED) is 0.837. The molecular weight excluding hydrogens is 253 g/mol. The van der Waals surface area contributed by atoms with Crippen molar-refractivity contribution in [3.8, 4) is 0 Å². The van der Waals surface area contributed by atoms with E-state index in [-0.39, 0.29) is 12.4 Å². The van der Waals surface area contributed by atoms with Crippen LogP contribution in [-0.4, -0.2) is 18.3 Å². The maximum absolute atomic E-state index is 13.8. The summed E-state index contributed by atoms with van der Waals surface area (Å²) in [4.78, 5) is 0. The van der Waals surface area contributed by atoms with E-state index in [1.807, 2.05) is 0 Å². The summed E-state index contributed by atoms with van der Waals surface area (Å²) in [5, 5.41) is 9.98. The van der Waals surface area contributed by atoms with Gasteiger partial charge in [0.15, 0.2) is 0 Å². The van der Waals surface area contributed by atoms with Gasteiger partial charge < -0.3 is 10.8 Å². The van der Waals surface area contributed by atoms with Crippen LogP contribution in [0.2, 0.25) is 5.02 Å². The van der Waals surface area contributed by atoms with Crippen LogP contribution in [0.1, 0.15) is 25.8 Å². The van der Waals surface area contributed by atoms with Crippen LogP contribution >= 0.6 is 11.6 Å². The van der Waals surface area contributed by atoms with Crippen LogP contribution < -0.4 is 5.73 Å². The molecule has 4 heteroatoms. The van der Waals surface area contributed by atoms with Gasteiger partial charge in [-0.05, 0) is 36.5 Å². The minimum absolute atomic E-state index is 0.0379. The van der Waals surface area contributed by atoms with E-state index in [1.54, 1.807) is 12.1 Å². The Morgan fingerprint density at radius 1 is 1.44 bits per heavy atom. The van der Waals surface area contributed by atoms with Gasteiger partial charge in [-0.25, -0.2) is 4.39 Å². The van der Waals surface area contributed by atoms with E-state index in [0.29, 0.717) is 29.5 Å². The lowest BCUT2D eigenvalue weighted by molar-refractivity contribution is 0.107. The molecule has 1 aromatic carbocycles. The van der Waals surface area contributed by atoms with Crippen LogP contribution in [0.4, 0.5) is 4.39 Å². The van der Waals surface area contributed by atoms with Crippen molar-refractivity contribution in [3.63, 3.8) is 0 Å². The Morgan fingerprint density at radius 2 is 2.11 bits per heavy atom. The molecule has 0 aliphatic heterocycles. The molecule has 0 fully saturated rings. The van der Waals surface area contributed by atoms with Crippen LogP contribution in [0.25, 0.3) is 0 Å². The van der Waals surface area contributed by atoms with Crippen molar-refractivity contribution in [2.45, 2.75) is 26.7 Å². The first-order chi connectivity index (χ1) is 8.42. The van der Waals surface area contributed by atoms with E-state index in [9.17, 15) is 9.50 Å². The lowest BCUT2D eigenvalue weighted by atomic mass is 9.76. The zero-order chi connectivity index (χ0) is 13.8. The van der Waals surface area contributed by atoms with E-state index in [0.717, 1.165) is 6.42 Å². The maximum atomic E-state index is 13.8. The lowest BCUT2D eigenvalue weighted by Crippen LogP contribution is -2.38. The largest absolute Gasteiger partial charge is 0.396 e. The fourth-order valence-corrected chi connectivity index (χ4v) is 2.51. The monoisotopic (exact) mass is 273 g/mol. The Morgan fingerprint density at radius 3 is 2.56 bits per heavy atom. The molecule has 0 aromatic heterocycles. The predicted octanol–water partition coefficient (Wildman–Crippen LogP) is 3.01. The van der Waals surface area contributed by atoms with Crippen LogP contribution in [0.15, 0.2) is 18.2 Å². The van der Waals surface area contributed by atoms with Crippen LogP contribution in [0, 0.1) is 17.2 Å². The summed E-state index contributed by atoms with van der Waals surface area (Å²) in [6.45, 7) is 4.43. The zero-order valence-corrected chi connectivity index (χ0v) is 11.7. The minimum Gasteiger partial charge on any atom is -0.396 e. The number of benzene rings is 1.